The largest absolute Gasteiger partial charge is 0.479 e. The topological polar surface area (TPSA) is 86.7 Å². The first-order chi connectivity index (χ1) is 11.4. The maximum Gasteiger partial charge on any atom is 0.330 e. The average molecular weight is 352 g/mol. The van der Waals surface area contributed by atoms with Gasteiger partial charge in [0, 0.05) is 18.0 Å². The first-order valence-corrected chi connectivity index (χ1v) is 8.78. The average Bonchev–Trinajstić information content (AvgIpc) is 3.16. The minimum atomic E-state index is -1.29. The Morgan fingerprint density at radius 3 is 2.62 bits per heavy atom. The lowest BCUT2D eigenvalue weighted by Gasteiger charge is -2.26. The van der Waals surface area contributed by atoms with E-state index in [9.17, 15) is 23.9 Å². The van der Waals surface area contributed by atoms with Crippen molar-refractivity contribution in [3.63, 3.8) is 0 Å². The number of carbonyl (C=O) groups excluding carboxylic acids is 2. The number of aliphatic carboxylic acids is 1. The number of nitrogens with zero attached hydrogens (tertiary/aromatic N) is 1. The summed E-state index contributed by atoms with van der Waals surface area (Å²) < 4.78 is 13.0. The van der Waals surface area contributed by atoms with Crippen LogP contribution in [0.5, 0.6) is 0 Å². The molecule has 24 heavy (non-hydrogen) atoms. The molecule has 2 saturated heterocycles. The standard InChI is InChI=1S/C16H17FN2O4S/c17-10-1-3-11(4-2-10)19-7-5-12(14(19)21)13(20)18-16(15(22)23)6-8-24-9-16/h1-4,12H,5-9H2,(H,18,20)(H,22,23). The van der Waals surface area contributed by atoms with Gasteiger partial charge in [-0.1, -0.05) is 0 Å². The number of carboxylic acids is 1. The zero-order valence-electron chi connectivity index (χ0n) is 12.8. The van der Waals surface area contributed by atoms with Crippen LogP contribution in [0.1, 0.15) is 12.8 Å². The van der Waals surface area contributed by atoms with Crippen molar-refractivity contribution in [2.75, 3.05) is 23.0 Å². The van der Waals surface area contributed by atoms with E-state index in [4.69, 9.17) is 0 Å². The molecule has 0 bridgehead atoms. The summed E-state index contributed by atoms with van der Waals surface area (Å²) >= 11 is 1.47. The van der Waals surface area contributed by atoms with Gasteiger partial charge in [-0.15, -0.1) is 0 Å². The predicted octanol–water partition coefficient (Wildman–Crippen LogP) is 1.26. The van der Waals surface area contributed by atoms with Crippen LogP contribution in [0.25, 0.3) is 0 Å². The van der Waals surface area contributed by atoms with Crippen LogP contribution in [0.3, 0.4) is 0 Å². The number of anilines is 1. The highest BCUT2D eigenvalue weighted by atomic mass is 32.2. The second-order valence-electron chi connectivity index (χ2n) is 5.99. The van der Waals surface area contributed by atoms with Crippen LogP contribution >= 0.6 is 11.8 Å². The van der Waals surface area contributed by atoms with Crippen LogP contribution in [-0.2, 0) is 14.4 Å². The van der Waals surface area contributed by atoms with Crippen molar-refractivity contribution in [3.8, 4) is 0 Å². The second kappa shape index (κ2) is 6.43. The normalized spacial score (nSPS) is 26.6. The lowest BCUT2D eigenvalue weighted by atomic mass is 9.97. The molecule has 0 aromatic heterocycles. The molecule has 2 heterocycles. The van der Waals surface area contributed by atoms with Gasteiger partial charge >= 0.3 is 5.97 Å². The Bertz CT molecular complexity index is 673. The molecule has 0 saturated carbocycles. The summed E-state index contributed by atoms with van der Waals surface area (Å²) in [6.45, 7) is 0.345. The zero-order chi connectivity index (χ0) is 17.3. The number of halogens is 1. The molecule has 2 amide bonds. The van der Waals surface area contributed by atoms with Crippen molar-refractivity contribution >= 4 is 35.2 Å². The van der Waals surface area contributed by atoms with E-state index in [1.54, 1.807) is 0 Å². The summed E-state index contributed by atoms with van der Waals surface area (Å²) in [4.78, 5) is 37.9. The third kappa shape index (κ3) is 2.98. The highest BCUT2D eigenvalue weighted by molar-refractivity contribution is 7.99. The van der Waals surface area contributed by atoms with E-state index >= 15 is 0 Å². The van der Waals surface area contributed by atoms with Crippen molar-refractivity contribution in [2.24, 2.45) is 5.92 Å². The van der Waals surface area contributed by atoms with Gasteiger partial charge in [0.2, 0.25) is 11.8 Å². The van der Waals surface area contributed by atoms with Crippen LogP contribution in [0, 0.1) is 11.7 Å². The number of carbonyl (C=O) groups is 3. The van der Waals surface area contributed by atoms with Gasteiger partial charge in [-0.3, -0.25) is 9.59 Å². The Morgan fingerprint density at radius 1 is 1.33 bits per heavy atom. The van der Waals surface area contributed by atoms with Crippen LogP contribution in [0.2, 0.25) is 0 Å². The quantitative estimate of drug-likeness (QED) is 0.797. The lowest BCUT2D eigenvalue weighted by molar-refractivity contribution is -0.148. The number of rotatable bonds is 4. The summed E-state index contributed by atoms with van der Waals surface area (Å²) in [5.41, 5.74) is -0.758. The number of hydrogen-bond acceptors (Lipinski definition) is 4. The van der Waals surface area contributed by atoms with Crippen molar-refractivity contribution < 1.29 is 23.9 Å². The second-order valence-corrected chi connectivity index (χ2v) is 7.09. The Kier molecular flexibility index (Phi) is 4.49. The van der Waals surface area contributed by atoms with Gasteiger partial charge in [0.25, 0.3) is 0 Å². The fourth-order valence-electron chi connectivity index (χ4n) is 3.01. The van der Waals surface area contributed by atoms with E-state index in [2.05, 4.69) is 5.32 Å². The maximum atomic E-state index is 13.0. The molecule has 1 aromatic rings. The number of amides is 2. The fourth-order valence-corrected chi connectivity index (χ4v) is 4.33. The molecule has 2 aliphatic rings. The minimum absolute atomic E-state index is 0.302. The molecule has 0 spiro atoms. The van der Waals surface area contributed by atoms with E-state index in [1.165, 1.54) is 40.9 Å². The minimum Gasteiger partial charge on any atom is -0.479 e. The number of hydrogen-bond donors (Lipinski definition) is 2. The van der Waals surface area contributed by atoms with Gasteiger partial charge in [-0.25, -0.2) is 9.18 Å². The first-order valence-electron chi connectivity index (χ1n) is 7.63. The first kappa shape index (κ1) is 16.8. The zero-order valence-corrected chi connectivity index (χ0v) is 13.6. The lowest BCUT2D eigenvalue weighted by Crippen LogP contribution is -2.56. The van der Waals surface area contributed by atoms with Crippen LogP contribution in [0.4, 0.5) is 10.1 Å². The summed E-state index contributed by atoms with van der Waals surface area (Å²) in [5.74, 6) is -2.34. The molecule has 2 N–H and O–H groups in total. The summed E-state index contributed by atoms with van der Waals surface area (Å²) in [6.07, 6.45) is 0.659. The van der Waals surface area contributed by atoms with Crippen molar-refractivity contribution in [3.05, 3.63) is 30.1 Å². The Labute approximate surface area is 142 Å². The summed E-state index contributed by atoms with van der Waals surface area (Å²) in [7, 11) is 0. The van der Waals surface area contributed by atoms with E-state index in [0.29, 0.717) is 36.6 Å². The molecule has 128 valence electrons. The molecule has 3 rings (SSSR count). The Hall–Kier alpha value is -2.09. The van der Waals surface area contributed by atoms with Crippen LogP contribution in [-0.4, -0.2) is 46.5 Å². The van der Waals surface area contributed by atoms with Crippen LogP contribution < -0.4 is 10.2 Å². The highest BCUT2D eigenvalue weighted by Gasteiger charge is 2.46. The molecule has 8 heteroatoms. The fraction of sp³-hybridized carbons (Fsp3) is 0.438. The molecule has 0 radical (unpaired) electrons. The molecular weight excluding hydrogens is 335 g/mol. The van der Waals surface area contributed by atoms with Gasteiger partial charge in [0.05, 0.1) is 0 Å². The molecular formula is C16H17FN2O4S. The van der Waals surface area contributed by atoms with E-state index < -0.39 is 29.2 Å². The van der Waals surface area contributed by atoms with Crippen LogP contribution in [0.15, 0.2) is 24.3 Å². The number of benzene rings is 1. The van der Waals surface area contributed by atoms with Crippen molar-refractivity contribution in [1.29, 1.82) is 0 Å². The Morgan fingerprint density at radius 2 is 2.04 bits per heavy atom. The summed E-state index contributed by atoms with van der Waals surface area (Å²) in [6, 6.07) is 5.48. The molecule has 2 fully saturated rings. The SMILES string of the molecule is O=C(NC1(C(=O)O)CCSC1)C1CCN(c2ccc(F)cc2)C1=O. The van der Waals surface area contributed by atoms with Crippen molar-refractivity contribution in [1.82, 2.24) is 5.32 Å². The number of nitrogens with one attached hydrogen (secondary N) is 1. The molecule has 6 nitrogen and oxygen atoms in total. The van der Waals surface area contributed by atoms with Crippen molar-refractivity contribution in [2.45, 2.75) is 18.4 Å². The van der Waals surface area contributed by atoms with E-state index in [0.717, 1.165) is 0 Å². The number of carboxylic acid groups (broad SMARTS) is 1. The molecule has 2 atom stereocenters. The third-order valence-electron chi connectivity index (χ3n) is 4.45. The van der Waals surface area contributed by atoms with Gasteiger partial charge in [-0.2, -0.15) is 11.8 Å². The van der Waals surface area contributed by atoms with Gasteiger partial charge < -0.3 is 15.3 Å². The molecule has 0 aliphatic carbocycles. The molecule has 2 unspecified atom stereocenters. The Balaban J connectivity index is 1.71. The predicted molar refractivity (Wildman–Crippen MR) is 87.3 cm³/mol. The number of thioether (sulfide) groups is 1. The van der Waals surface area contributed by atoms with Gasteiger partial charge in [0.15, 0.2) is 0 Å². The van der Waals surface area contributed by atoms with E-state index in [-0.39, 0.29) is 5.91 Å². The molecule has 1 aromatic carbocycles. The maximum absolute atomic E-state index is 13.0. The highest BCUT2D eigenvalue weighted by Crippen LogP contribution is 2.30. The summed E-state index contributed by atoms with van der Waals surface area (Å²) in [5, 5.41) is 12.0. The van der Waals surface area contributed by atoms with Gasteiger partial charge in [0.1, 0.15) is 17.3 Å². The van der Waals surface area contributed by atoms with E-state index in [1.807, 2.05) is 0 Å². The smallest absolute Gasteiger partial charge is 0.330 e. The monoisotopic (exact) mass is 352 g/mol. The molecule has 2 aliphatic heterocycles. The van der Waals surface area contributed by atoms with Gasteiger partial charge in [-0.05, 0) is 42.9 Å². The third-order valence-corrected chi connectivity index (χ3v) is 5.64.